The number of hydrogen-bond donors (Lipinski definition) is 3. The molecule has 0 aliphatic heterocycles. The molecule has 0 aliphatic carbocycles. The van der Waals surface area contributed by atoms with E-state index in [2.05, 4.69) is 60.7 Å². The molecule has 1 amide bonds. The predicted octanol–water partition coefficient (Wildman–Crippen LogP) is 3.72. The molecule has 0 aromatic carbocycles. The number of rotatable bonds is 11. The lowest BCUT2D eigenvalue weighted by Gasteiger charge is -2.37. The zero-order valence-corrected chi connectivity index (χ0v) is 17.4. The van der Waals surface area contributed by atoms with Crippen LogP contribution in [0.2, 0.25) is 0 Å². The summed E-state index contributed by atoms with van der Waals surface area (Å²) in [4.78, 5) is 12.4. The van der Waals surface area contributed by atoms with E-state index in [1.807, 2.05) is 0 Å². The highest BCUT2D eigenvalue weighted by Gasteiger charge is 2.33. The fraction of sp³-hybridized carbons (Fsp3) is 0.950. The maximum absolute atomic E-state index is 12.4. The Hall–Kier alpha value is -0.610. The molecule has 0 spiro atoms. The van der Waals surface area contributed by atoms with E-state index in [9.17, 15) is 9.90 Å². The van der Waals surface area contributed by atoms with Crippen molar-refractivity contribution in [1.29, 1.82) is 0 Å². The van der Waals surface area contributed by atoms with Crippen molar-refractivity contribution in [2.24, 2.45) is 27.4 Å². The quantitative estimate of drug-likeness (QED) is 0.535. The van der Waals surface area contributed by atoms with E-state index in [1.165, 1.54) is 0 Å². The van der Waals surface area contributed by atoms with Gasteiger partial charge in [0.15, 0.2) is 0 Å². The summed E-state index contributed by atoms with van der Waals surface area (Å²) in [5, 5.41) is 12.7. The average Bonchev–Trinajstić information content (AvgIpc) is 2.43. The molecule has 0 saturated carbocycles. The highest BCUT2D eigenvalue weighted by atomic mass is 16.3. The van der Waals surface area contributed by atoms with E-state index in [4.69, 9.17) is 5.73 Å². The normalized spacial score (nSPS) is 15.9. The van der Waals surface area contributed by atoms with Crippen molar-refractivity contribution in [3.05, 3.63) is 0 Å². The largest absolute Gasteiger partial charge is 0.396 e. The van der Waals surface area contributed by atoms with Crippen LogP contribution in [0.1, 0.15) is 81.1 Å². The second-order valence-electron chi connectivity index (χ2n) is 10.3. The van der Waals surface area contributed by atoms with Crippen molar-refractivity contribution in [2.45, 2.75) is 81.1 Å². The topological polar surface area (TPSA) is 75.3 Å². The van der Waals surface area contributed by atoms with Gasteiger partial charge in [-0.3, -0.25) is 4.79 Å². The van der Waals surface area contributed by atoms with Gasteiger partial charge in [-0.05, 0) is 47.5 Å². The number of carbonyl (C=O) groups excluding carboxylic acids is 1. The Kier molecular flexibility index (Phi) is 8.44. The van der Waals surface area contributed by atoms with Crippen molar-refractivity contribution >= 4 is 5.91 Å². The van der Waals surface area contributed by atoms with Crippen LogP contribution in [0.15, 0.2) is 0 Å². The maximum atomic E-state index is 12.4. The molecule has 0 radical (unpaired) electrons. The first-order chi connectivity index (χ1) is 10.7. The van der Waals surface area contributed by atoms with Crippen LogP contribution in [0, 0.1) is 21.7 Å². The molecular formula is C20H42N2O2. The van der Waals surface area contributed by atoms with Crippen LogP contribution in [-0.4, -0.2) is 30.7 Å². The van der Waals surface area contributed by atoms with Gasteiger partial charge in [0.2, 0.25) is 5.91 Å². The number of carbonyl (C=O) groups is 1. The summed E-state index contributed by atoms with van der Waals surface area (Å²) in [5.74, 6) is 0.100. The molecular weight excluding hydrogens is 300 g/mol. The third kappa shape index (κ3) is 9.03. The Balaban J connectivity index is 4.57. The summed E-state index contributed by atoms with van der Waals surface area (Å²) >= 11 is 0. The molecule has 144 valence electrons. The Labute approximate surface area is 150 Å². The third-order valence-electron chi connectivity index (χ3n) is 5.05. The first kappa shape index (κ1) is 23.4. The maximum Gasteiger partial charge on any atom is 0.220 e. The van der Waals surface area contributed by atoms with Crippen LogP contribution in [0.3, 0.4) is 0 Å². The number of hydrogen-bond acceptors (Lipinski definition) is 3. The standard InChI is InChI=1S/C20H42N2O2/c1-9-20(8,15-23)12-19(6,7)14-22-16(24)10-17(2,3)11-18(4,5)13-21/h23H,9-15,21H2,1-8H3,(H,22,24). The summed E-state index contributed by atoms with van der Waals surface area (Å²) in [7, 11) is 0. The van der Waals surface area contributed by atoms with Crippen molar-refractivity contribution in [3.63, 3.8) is 0 Å². The van der Waals surface area contributed by atoms with Crippen LogP contribution < -0.4 is 11.1 Å². The summed E-state index contributed by atoms with van der Waals surface area (Å²) < 4.78 is 0. The second kappa shape index (κ2) is 8.66. The molecule has 0 aliphatic rings. The number of aliphatic hydroxyl groups is 1. The first-order valence-electron chi connectivity index (χ1n) is 9.27. The van der Waals surface area contributed by atoms with Gasteiger partial charge in [0.25, 0.3) is 0 Å². The molecule has 4 heteroatoms. The van der Waals surface area contributed by atoms with Crippen molar-refractivity contribution in [1.82, 2.24) is 5.32 Å². The smallest absolute Gasteiger partial charge is 0.220 e. The van der Waals surface area contributed by atoms with Gasteiger partial charge in [0, 0.05) is 19.6 Å². The van der Waals surface area contributed by atoms with Crippen LogP contribution in [0.4, 0.5) is 0 Å². The summed E-state index contributed by atoms with van der Waals surface area (Å²) in [6, 6.07) is 0. The summed E-state index contributed by atoms with van der Waals surface area (Å²) in [6.45, 7) is 18.5. The molecule has 4 N–H and O–H groups in total. The van der Waals surface area contributed by atoms with E-state index in [0.717, 1.165) is 19.3 Å². The minimum atomic E-state index is -0.0847. The molecule has 1 atom stereocenters. The SMILES string of the molecule is CCC(C)(CO)CC(C)(C)CNC(=O)CC(C)(C)CC(C)(C)CN. The lowest BCUT2D eigenvalue weighted by molar-refractivity contribution is -0.124. The van der Waals surface area contributed by atoms with E-state index in [0.29, 0.717) is 19.5 Å². The van der Waals surface area contributed by atoms with Gasteiger partial charge in [0.05, 0.1) is 0 Å². The van der Waals surface area contributed by atoms with E-state index in [-0.39, 0.29) is 34.2 Å². The Bertz CT molecular complexity index is 396. The van der Waals surface area contributed by atoms with Crippen LogP contribution in [0.5, 0.6) is 0 Å². The summed E-state index contributed by atoms with van der Waals surface area (Å²) in [5.41, 5.74) is 5.68. The number of amides is 1. The van der Waals surface area contributed by atoms with Gasteiger partial charge in [-0.25, -0.2) is 0 Å². The Morgan fingerprint density at radius 3 is 1.92 bits per heavy atom. The van der Waals surface area contributed by atoms with E-state index < -0.39 is 0 Å². The zero-order valence-electron chi connectivity index (χ0n) is 17.4. The molecule has 0 bridgehead atoms. The van der Waals surface area contributed by atoms with E-state index in [1.54, 1.807) is 0 Å². The van der Waals surface area contributed by atoms with Crippen LogP contribution >= 0.6 is 0 Å². The third-order valence-corrected chi connectivity index (χ3v) is 5.05. The molecule has 24 heavy (non-hydrogen) atoms. The van der Waals surface area contributed by atoms with Gasteiger partial charge in [-0.2, -0.15) is 0 Å². The minimum Gasteiger partial charge on any atom is -0.396 e. The molecule has 0 rings (SSSR count). The molecule has 0 saturated heterocycles. The minimum absolute atomic E-state index is 0.0379. The monoisotopic (exact) mass is 342 g/mol. The van der Waals surface area contributed by atoms with Gasteiger partial charge in [-0.15, -0.1) is 0 Å². The highest BCUT2D eigenvalue weighted by Crippen LogP contribution is 2.37. The summed E-state index contributed by atoms with van der Waals surface area (Å²) in [6.07, 6.45) is 3.25. The number of nitrogens with two attached hydrogens (primary N) is 1. The van der Waals surface area contributed by atoms with Gasteiger partial charge >= 0.3 is 0 Å². The predicted molar refractivity (Wildman–Crippen MR) is 103 cm³/mol. The van der Waals surface area contributed by atoms with Crippen LogP contribution in [0.25, 0.3) is 0 Å². The molecule has 0 heterocycles. The van der Waals surface area contributed by atoms with Crippen molar-refractivity contribution in [2.75, 3.05) is 19.7 Å². The Morgan fingerprint density at radius 1 is 0.958 bits per heavy atom. The lowest BCUT2D eigenvalue weighted by atomic mass is 9.72. The van der Waals surface area contributed by atoms with Crippen molar-refractivity contribution < 1.29 is 9.90 Å². The number of nitrogens with one attached hydrogen (secondary N) is 1. The van der Waals surface area contributed by atoms with Gasteiger partial charge in [0.1, 0.15) is 0 Å². The highest BCUT2D eigenvalue weighted by molar-refractivity contribution is 5.76. The van der Waals surface area contributed by atoms with Crippen LogP contribution in [-0.2, 0) is 4.79 Å². The molecule has 1 unspecified atom stereocenters. The van der Waals surface area contributed by atoms with E-state index >= 15 is 0 Å². The molecule has 4 nitrogen and oxygen atoms in total. The molecule has 0 aromatic heterocycles. The number of aliphatic hydroxyl groups excluding tert-OH is 1. The zero-order chi connectivity index (χ0) is 19.2. The lowest BCUT2D eigenvalue weighted by Crippen LogP contribution is -2.40. The fourth-order valence-corrected chi connectivity index (χ4v) is 3.78. The van der Waals surface area contributed by atoms with Gasteiger partial charge < -0.3 is 16.2 Å². The average molecular weight is 343 g/mol. The molecule has 0 aromatic rings. The second-order valence-corrected chi connectivity index (χ2v) is 10.3. The van der Waals surface area contributed by atoms with Gasteiger partial charge in [-0.1, -0.05) is 55.4 Å². The molecule has 0 fully saturated rings. The fourth-order valence-electron chi connectivity index (χ4n) is 3.78. The van der Waals surface area contributed by atoms with Crippen molar-refractivity contribution in [3.8, 4) is 0 Å². The first-order valence-corrected chi connectivity index (χ1v) is 9.27. The Morgan fingerprint density at radius 2 is 1.50 bits per heavy atom.